The second-order valence-corrected chi connectivity index (χ2v) is 7.92. The number of carboxylic acids is 1. The molecule has 0 saturated carbocycles. The fraction of sp³-hybridized carbons (Fsp3) is 0.0588. The van der Waals surface area contributed by atoms with Gasteiger partial charge in [0.25, 0.3) is 11.6 Å². The molecule has 0 aliphatic carbocycles. The minimum absolute atomic E-state index is 0.0987. The van der Waals surface area contributed by atoms with Crippen LogP contribution in [0.1, 0.15) is 20.7 Å². The molecule has 0 fully saturated rings. The Morgan fingerprint density at radius 1 is 1.21 bits per heavy atom. The normalized spacial score (nSPS) is 10.6. The van der Waals surface area contributed by atoms with Gasteiger partial charge < -0.3 is 16.2 Å². The smallest absolute Gasteiger partial charge is 0.336 e. The molecule has 10 nitrogen and oxygen atoms in total. The highest BCUT2D eigenvalue weighted by atomic mass is 32.2. The number of rotatable bonds is 7. The van der Waals surface area contributed by atoms with Gasteiger partial charge in [0.2, 0.25) is 5.91 Å². The highest BCUT2D eigenvalue weighted by Gasteiger charge is 2.21. The highest BCUT2D eigenvalue weighted by Crippen LogP contribution is 2.31. The summed E-state index contributed by atoms with van der Waals surface area (Å²) in [6.45, 7) is 0. The third kappa shape index (κ3) is 4.67. The standard InChI is InChI=1S/C17H12N4O6S2/c18-14(22)7-28-17-20-12-4-1-8(5-13(12)29-17)19-15(23)10-3-2-9(21(26)27)6-11(10)16(24)25/h1-6H,7H2,(H2,18,22)(H,19,23)(H,24,25). The minimum Gasteiger partial charge on any atom is -0.478 e. The lowest BCUT2D eigenvalue weighted by Crippen LogP contribution is -2.16. The molecule has 148 valence electrons. The number of thiazole rings is 1. The first-order valence-corrected chi connectivity index (χ1v) is 9.69. The van der Waals surface area contributed by atoms with Crippen molar-refractivity contribution < 1.29 is 24.4 Å². The van der Waals surface area contributed by atoms with Crippen LogP contribution in [0.25, 0.3) is 10.2 Å². The molecule has 0 saturated heterocycles. The molecule has 4 N–H and O–H groups in total. The summed E-state index contributed by atoms with van der Waals surface area (Å²) < 4.78 is 1.39. The van der Waals surface area contributed by atoms with Crippen molar-refractivity contribution in [3.8, 4) is 0 Å². The molecule has 29 heavy (non-hydrogen) atoms. The number of amides is 2. The Kier molecular flexibility index (Phi) is 5.75. The van der Waals surface area contributed by atoms with Crippen LogP contribution >= 0.6 is 23.1 Å². The molecular weight excluding hydrogens is 420 g/mol. The average Bonchev–Trinajstić information content (AvgIpc) is 3.08. The average molecular weight is 432 g/mol. The third-order valence-corrected chi connectivity index (χ3v) is 5.84. The number of aromatic carboxylic acids is 1. The minimum atomic E-state index is -1.45. The lowest BCUT2D eigenvalue weighted by atomic mass is 10.1. The number of anilines is 1. The van der Waals surface area contributed by atoms with Gasteiger partial charge in [0.05, 0.1) is 32.0 Å². The van der Waals surface area contributed by atoms with E-state index in [2.05, 4.69) is 10.3 Å². The Labute approximate surface area is 170 Å². The van der Waals surface area contributed by atoms with E-state index in [1.54, 1.807) is 18.2 Å². The summed E-state index contributed by atoms with van der Waals surface area (Å²) in [6.07, 6.45) is 0. The summed E-state index contributed by atoms with van der Waals surface area (Å²) in [5.74, 6) is -2.53. The third-order valence-electron chi connectivity index (χ3n) is 3.65. The van der Waals surface area contributed by atoms with Gasteiger partial charge in [-0.15, -0.1) is 11.3 Å². The number of fused-ring (bicyclic) bond motifs is 1. The molecule has 2 aromatic carbocycles. The van der Waals surface area contributed by atoms with Crippen LogP contribution in [0.4, 0.5) is 11.4 Å². The predicted octanol–water partition coefficient (Wildman–Crippen LogP) is 2.73. The topological polar surface area (TPSA) is 166 Å². The van der Waals surface area contributed by atoms with E-state index >= 15 is 0 Å². The van der Waals surface area contributed by atoms with Crippen molar-refractivity contribution in [3.63, 3.8) is 0 Å². The SMILES string of the molecule is NC(=O)CSc1nc2ccc(NC(=O)c3ccc([N+](=O)[O-])cc3C(=O)O)cc2s1. The number of hydrogen-bond acceptors (Lipinski definition) is 8. The summed E-state index contributed by atoms with van der Waals surface area (Å²) in [7, 11) is 0. The van der Waals surface area contributed by atoms with Crippen LogP contribution in [0.3, 0.4) is 0 Å². The Morgan fingerprint density at radius 3 is 2.62 bits per heavy atom. The van der Waals surface area contributed by atoms with Gasteiger partial charge >= 0.3 is 5.97 Å². The van der Waals surface area contributed by atoms with Crippen molar-refractivity contribution in [2.45, 2.75) is 4.34 Å². The fourth-order valence-electron chi connectivity index (χ4n) is 2.40. The van der Waals surface area contributed by atoms with E-state index in [1.165, 1.54) is 23.1 Å². The van der Waals surface area contributed by atoms with Gasteiger partial charge in [0.15, 0.2) is 4.34 Å². The molecule has 0 aliphatic rings. The van der Waals surface area contributed by atoms with Crippen LogP contribution in [0.15, 0.2) is 40.7 Å². The van der Waals surface area contributed by atoms with E-state index in [9.17, 15) is 29.6 Å². The Hall–Kier alpha value is -3.51. The molecule has 0 bridgehead atoms. The summed E-state index contributed by atoms with van der Waals surface area (Å²) in [6, 6.07) is 7.92. The van der Waals surface area contributed by atoms with Crippen molar-refractivity contribution in [1.29, 1.82) is 0 Å². The molecule has 0 atom stereocenters. The van der Waals surface area contributed by atoms with Crippen LogP contribution in [0.5, 0.6) is 0 Å². The Bertz CT molecular complexity index is 1160. The van der Waals surface area contributed by atoms with Gasteiger partial charge in [0.1, 0.15) is 0 Å². The zero-order valence-electron chi connectivity index (χ0n) is 14.4. The zero-order chi connectivity index (χ0) is 21.1. The first-order chi connectivity index (χ1) is 13.7. The maximum atomic E-state index is 12.5. The number of benzene rings is 2. The summed E-state index contributed by atoms with van der Waals surface area (Å²) in [5, 5.41) is 22.7. The lowest BCUT2D eigenvalue weighted by molar-refractivity contribution is -0.384. The molecule has 3 rings (SSSR count). The van der Waals surface area contributed by atoms with Crippen molar-refractivity contribution >= 4 is 62.5 Å². The maximum Gasteiger partial charge on any atom is 0.336 e. The van der Waals surface area contributed by atoms with Gasteiger partial charge in [-0.2, -0.15) is 0 Å². The molecule has 0 spiro atoms. The van der Waals surface area contributed by atoms with Crippen LogP contribution in [-0.4, -0.2) is 38.6 Å². The van der Waals surface area contributed by atoms with Crippen molar-refractivity contribution in [2.24, 2.45) is 5.73 Å². The number of thioether (sulfide) groups is 1. The predicted molar refractivity (Wildman–Crippen MR) is 108 cm³/mol. The van der Waals surface area contributed by atoms with E-state index in [1.807, 2.05) is 0 Å². The first-order valence-electron chi connectivity index (χ1n) is 7.89. The van der Waals surface area contributed by atoms with Gasteiger partial charge in [0, 0.05) is 17.8 Å². The first kappa shape index (κ1) is 20.2. The van der Waals surface area contributed by atoms with Crippen LogP contribution < -0.4 is 11.1 Å². The largest absolute Gasteiger partial charge is 0.478 e. The molecule has 1 aromatic heterocycles. The van der Waals surface area contributed by atoms with Crippen molar-refractivity contribution in [1.82, 2.24) is 4.98 Å². The number of nitrogens with zero attached hydrogens (tertiary/aromatic N) is 2. The van der Waals surface area contributed by atoms with Gasteiger partial charge in [-0.3, -0.25) is 19.7 Å². The van der Waals surface area contributed by atoms with E-state index in [-0.39, 0.29) is 11.3 Å². The zero-order valence-corrected chi connectivity index (χ0v) is 16.1. The highest BCUT2D eigenvalue weighted by molar-refractivity contribution is 8.01. The van der Waals surface area contributed by atoms with Gasteiger partial charge in [-0.25, -0.2) is 9.78 Å². The molecule has 0 aliphatic heterocycles. The molecular formula is C17H12N4O6S2. The second-order valence-electron chi connectivity index (χ2n) is 5.66. The van der Waals surface area contributed by atoms with E-state index in [0.717, 1.165) is 22.9 Å². The molecule has 2 amide bonds. The van der Waals surface area contributed by atoms with E-state index in [4.69, 9.17) is 5.73 Å². The summed E-state index contributed by atoms with van der Waals surface area (Å²) in [4.78, 5) is 49.3. The number of hydrogen-bond donors (Lipinski definition) is 3. The van der Waals surface area contributed by atoms with Crippen LogP contribution in [0, 0.1) is 10.1 Å². The maximum absolute atomic E-state index is 12.5. The van der Waals surface area contributed by atoms with Crippen molar-refractivity contribution in [3.05, 3.63) is 57.6 Å². The summed E-state index contributed by atoms with van der Waals surface area (Å²) in [5.41, 5.74) is 5.08. The quantitative estimate of drug-likeness (QED) is 0.291. The van der Waals surface area contributed by atoms with Gasteiger partial charge in [-0.1, -0.05) is 11.8 Å². The molecule has 1 heterocycles. The van der Waals surface area contributed by atoms with Gasteiger partial charge in [-0.05, 0) is 24.3 Å². The van der Waals surface area contributed by atoms with E-state index in [0.29, 0.717) is 15.5 Å². The van der Waals surface area contributed by atoms with Crippen LogP contribution in [0.2, 0.25) is 0 Å². The number of non-ortho nitro benzene ring substituents is 1. The number of carboxylic acid groups (broad SMARTS) is 1. The van der Waals surface area contributed by atoms with E-state index < -0.39 is 34.0 Å². The number of nitro benzene ring substituents is 1. The Balaban J connectivity index is 1.85. The fourth-order valence-corrected chi connectivity index (χ4v) is 4.24. The number of carbonyl (C=O) groups excluding carboxylic acids is 2. The van der Waals surface area contributed by atoms with Crippen LogP contribution in [-0.2, 0) is 4.79 Å². The lowest BCUT2D eigenvalue weighted by Gasteiger charge is -2.08. The molecule has 12 heteroatoms. The number of aromatic nitrogens is 1. The molecule has 0 radical (unpaired) electrons. The molecule has 3 aromatic rings. The summed E-state index contributed by atoms with van der Waals surface area (Å²) >= 11 is 2.52. The molecule has 0 unspecified atom stereocenters. The number of nitrogens with one attached hydrogen (secondary N) is 1. The number of nitrogens with two attached hydrogens (primary N) is 1. The number of nitro groups is 1. The number of carbonyl (C=O) groups is 3. The monoisotopic (exact) mass is 432 g/mol. The second kappa shape index (κ2) is 8.24. The Morgan fingerprint density at radius 2 is 1.97 bits per heavy atom. The van der Waals surface area contributed by atoms with Crippen molar-refractivity contribution in [2.75, 3.05) is 11.1 Å². The number of primary amides is 1.